The van der Waals surface area contributed by atoms with Crippen LogP contribution in [0.15, 0.2) is 36.5 Å². The molecule has 2 aromatic rings. The van der Waals surface area contributed by atoms with Gasteiger partial charge in [-0.05, 0) is 38.5 Å². The molecule has 6 heteroatoms. The van der Waals surface area contributed by atoms with Crippen LogP contribution in [0, 0.1) is 0 Å². The van der Waals surface area contributed by atoms with Crippen LogP contribution in [0.2, 0.25) is 0 Å². The van der Waals surface area contributed by atoms with Gasteiger partial charge in [0.25, 0.3) is 0 Å². The Bertz CT molecular complexity index is 722. The summed E-state index contributed by atoms with van der Waals surface area (Å²) in [6, 6.07) is 8.24. The molecule has 0 spiro atoms. The average Bonchev–Trinajstić information content (AvgIpc) is 2.44. The molecule has 0 aliphatic carbocycles. The maximum atomic E-state index is 11.8. The van der Waals surface area contributed by atoms with Crippen LogP contribution >= 0.6 is 0 Å². The van der Waals surface area contributed by atoms with Crippen molar-refractivity contribution in [3.05, 3.63) is 42.1 Å². The Morgan fingerprint density at radius 3 is 2.70 bits per heavy atom. The number of pyridine rings is 1. The molecule has 1 amide bonds. The second-order valence-corrected chi connectivity index (χ2v) is 6.27. The van der Waals surface area contributed by atoms with Crippen LogP contribution in [-0.4, -0.2) is 33.8 Å². The summed E-state index contributed by atoms with van der Waals surface area (Å²) in [6.45, 7) is 5.16. The van der Waals surface area contributed by atoms with Crippen molar-refractivity contribution in [3.8, 4) is 0 Å². The summed E-state index contributed by atoms with van der Waals surface area (Å²) in [5.74, 6) is -1.11. The number of nitrogens with zero attached hydrogens (tertiary/aromatic N) is 1. The quantitative estimate of drug-likeness (QED) is 0.905. The molecule has 1 aromatic carbocycles. The van der Waals surface area contributed by atoms with Gasteiger partial charge in [-0.15, -0.1) is 0 Å². The molecular formula is C17H20N2O4. The van der Waals surface area contributed by atoms with Crippen LogP contribution in [0.3, 0.4) is 0 Å². The van der Waals surface area contributed by atoms with Gasteiger partial charge in [0.05, 0.1) is 5.52 Å². The molecule has 1 aromatic heterocycles. The number of carbonyl (C=O) groups is 2. The Morgan fingerprint density at radius 1 is 1.30 bits per heavy atom. The number of hydrogen-bond donors (Lipinski definition) is 2. The number of hydrogen-bond acceptors (Lipinski definition) is 4. The number of rotatable bonds is 4. The van der Waals surface area contributed by atoms with E-state index in [4.69, 9.17) is 4.74 Å². The van der Waals surface area contributed by atoms with Crippen molar-refractivity contribution in [1.29, 1.82) is 0 Å². The minimum absolute atomic E-state index is 0.154. The molecule has 2 N–H and O–H groups in total. The van der Waals surface area contributed by atoms with E-state index in [-0.39, 0.29) is 6.42 Å². The first kappa shape index (κ1) is 16.7. The van der Waals surface area contributed by atoms with E-state index >= 15 is 0 Å². The lowest BCUT2D eigenvalue weighted by molar-refractivity contribution is -0.139. The van der Waals surface area contributed by atoms with E-state index in [1.165, 1.54) is 0 Å². The molecule has 0 unspecified atom stereocenters. The minimum atomic E-state index is -1.11. The fourth-order valence-electron chi connectivity index (χ4n) is 2.12. The topological polar surface area (TPSA) is 88.5 Å². The molecule has 0 fully saturated rings. The predicted octanol–water partition coefficient (Wildman–Crippen LogP) is 2.76. The van der Waals surface area contributed by atoms with Crippen molar-refractivity contribution >= 4 is 23.0 Å². The van der Waals surface area contributed by atoms with Crippen molar-refractivity contribution < 1.29 is 19.4 Å². The highest BCUT2D eigenvalue weighted by Crippen LogP contribution is 2.15. The molecule has 0 aliphatic rings. The van der Waals surface area contributed by atoms with E-state index in [1.807, 2.05) is 30.3 Å². The van der Waals surface area contributed by atoms with Crippen LogP contribution < -0.4 is 5.32 Å². The van der Waals surface area contributed by atoms with E-state index in [9.17, 15) is 14.7 Å². The lowest BCUT2D eigenvalue weighted by Gasteiger charge is -2.22. The van der Waals surface area contributed by atoms with Gasteiger partial charge in [-0.1, -0.05) is 18.2 Å². The van der Waals surface area contributed by atoms with Gasteiger partial charge in [0.15, 0.2) is 0 Å². The van der Waals surface area contributed by atoms with Crippen LogP contribution in [0.4, 0.5) is 4.79 Å². The number of benzene rings is 1. The number of amides is 1. The van der Waals surface area contributed by atoms with Crippen LogP contribution in [0.25, 0.3) is 10.9 Å². The number of carbonyl (C=O) groups excluding carboxylic acids is 1. The Balaban J connectivity index is 2.11. The highest BCUT2D eigenvalue weighted by molar-refractivity contribution is 5.81. The van der Waals surface area contributed by atoms with Gasteiger partial charge >= 0.3 is 12.1 Å². The first-order chi connectivity index (χ1) is 10.7. The van der Waals surface area contributed by atoms with Crippen molar-refractivity contribution in [3.63, 3.8) is 0 Å². The second-order valence-electron chi connectivity index (χ2n) is 6.27. The molecule has 1 heterocycles. The molecule has 122 valence electrons. The van der Waals surface area contributed by atoms with Crippen molar-refractivity contribution in [2.24, 2.45) is 0 Å². The van der Waals surface area contributed by atoms with Crippen LogP contribution in [0.1, 0.15) is 26.3 Å². The fraction of sp³-hybridized carbons (Fsp3) is 0.353. The van der Waals surface area contributed by atoms with Gasteiger partial charge in [0.1, 0.15) is 11.6 Å². The highest BCUT2D eigenvalue weighted by atomic mass is 16.6. The third-order valence-electron chi connectivity index (χ3n) is 3.10. The van der Waals surface area contributed by atoms with E-state index < -0.39 is 23.7 Å². The SMILES string of the molecule is CC(C)(C)OC(=O)N[C@@H](Cc1ccc2cccnc2c1)C(=O)O. The molecule has 0 bridgehead atoms. The maximum Gasteiger partial charge on any atom is 0.408 e. The molecule has 0 saturated carbocycles. The number of fused-ring (bicyclic) bond motifs is 1. The number of aromatic nitrogens is 1. The summed E-state index contributed by atoms with van der Waals surface area (Å²) >= 11 is 0. The van der Waals surface area contributed by atoms with Crippen LogP contribution in [-0.2, 0) is 16.0 Å². The Hall–Kier alpha value is -2.63. The zero-order chi connectivity index (χ0) is 17.0. The lowest BCUT2D eigenvalue weighted by atomic mass is 10.0. The largest absolute Gasteiger partial charge is 0.480 e. The van der Waals surface area contributed by atoms with Gasteiger partial charge in [-0.25, -0.2) is 9.59 Å². The number of alkyl carbamates (subject to hydrolysis) is 1. The number of aliphatic carboxylic acids is 1. The molecule has 23 heavy (non-hydrogen) atoms. The Labute approximate surface area is 134 Å². The van der Waals surface area contributed by atoms with E-state index in [0.29, 0.717) is 0 Å². The Morgan fingerprint density at radius 2 is 2.04 bits per heavy atom. The smallest absolute Gasteiger partial charge is 0.408 e. The lowest BCUT2D eigenvalue weighted by Crippen LogP contribution is -2.44. The van der Waals surface area contributed by atoms with E-state index in [1.54, 1.807) is 27.0 Å². The minimum Gasteiger partial charge on any atom is -0.480 e. The summed E-state index contributed by atoms with van der Waals surface area (Å²) in [5.41, 5.74) is 0.881. The van der Waals surface area contributed by atoms with E-state index in [0.717, 1.165) is 16.5 Å². The monoisotopic (exact) mass is 316 g/mol. The van der Waals surface area contributed by atoms with Crippen molar-refractivity contribution in [1.82, 2.24) is 10.3 Å². The van der Waals surface area contributed by atoms with Crippen molar-refractivity contribution in [2.45, 2.75) is 38.8 Å². The number of carboxylic acid groups (broad SMARTS) is 1. The summed E-state index contributed by atoms with van der Waals surface area (Å²) in [6.07, 6.45) is 1.09. The first-order valence-corrected chi connectivity index (χ1v) is 7.30. The molecule has 0 aliphatic heterocycles. The molecular weight excluding hydrogens is 296 g/mol. The average molecular weight is 316 g/mol. The predicted molar refractivity (Wildman–Crippen MR) is 86.2 cm³/mol. The maximum absolute atomic E-state index is 11.8. The van der Waals surface area contributed by atoms with Gasteiger partial charge in [0, 0.05) is 18.0 Å². The van der Waals surface area contributed by atoms with Gasteiger partial charge in [-0.3, -0.25) is 4.98 Å². The van der Waals surface area contributed by atoms with E-state index in [2.05, 4.69) is 10.3 Å². The van der Waals surface area contributed by atoms with Gasteiger partial charge in [-0.2, -0.15) is 0 Å². The van der Waals surface area contributed by atoms with Crippen molar-refractivity contribution in [2.75, 3.05) is 0 Å². The molecule has 0 saturated heterocycles. The summed E-state index contributed by atoms with van der Waals surface area (Å²) < 4.78 is 5.10. The molecule has 0 radical (unpaired) electrons. The standard InChI is InChI=1S/C17H20N2O4/c1-17(2,3)23-16(22)19-14(15(20)21)10-11-6-7-12-5-4-8-18-13(12)9-11/h4-9,14H,10H2,1-3H3,(H,19,22)(H,20,21)/t14-/m0/s1. The normalized spacial score (nSPS) is 12.7. The van der Waals surface area contributed by atoms with Crippen LogP contribution in [0.5, 0.6) is 0 Å². The zero-order valence-corrected chi connectivity index (χ0v) is 13.4. The Kier molecular flexibility index (Phi) is 4.83. The molecule has 2 rings (SSSR count). The summed E-state index contributed by atoms with van der Waals surface area (Å²) in [5, 5.41) is 12.7. The number of nitrogens with one attached hydrogen (secondary N) is 1. The number of ether oxygens (including phenoxy) is 1. The summed E-state index contributed by atoms with van der Waals surface area (Å²) in [7, 11) is 0. The second kappa shape index (κ2) is 6.64. The summed E-state index contributed by atoms with van der Waals surface area (Å²) in [4.78, 5) is 27.4. The van der Waals surface area contributed by atoms with Gasteiger partial charge < -0.3 is 15.2 Å². The highest BCUT2D eigenvalue weighted by Gasteiger charge is 2.24. The van der Waals surface area contributed by atoms with Gasteiger partial charge in [0.2, 0.25) is 0 Å². The third kappa shape index (κ3) is 4.95. The fourth-order valence-corrected chi connectivity index (χ4v) is 2.12. The molecule has 1 atom stereocenters. The first-order valence-electron chi connectivity index (χ1n) is 7.30. The third-order valence-corrected chi connectivity index (χ3v) is 3.10. The molecule has 6 nitrogen and oxygen atoms in total. The zero-order valence-electron chi connectivity index (χ0n) is 13.4. The number of carboxylic acids is 1.